The lowest BCUT2D eigenvalue weighted by atomic mass is 10.0. The Hall–Kier alpha value is -1.35. The third-order valence-corrected chi connectivity index (χ3v) is 3.66. The Morgan fingerprint density at radius 2 is 2.22 bits per heavy atom. The average molecular weight is 246 g/mol. The molecule has 3 nitrogen and oxygen atoms in total. The van der Waals surface area contributed by atoms with E-state index in [0.717, 1.165) is 24.9 Å². The van der Waals surface area contributed by atoms with E-state index in [4.69, 9.17) is 5.73 Å². The van der Waals surface area contributed by atoms with Crippen molar-refractivity contribution < 1.29 is 4.79 Å². The van der Waals surface area contributed by atoms with Gasteiger partial charge in [-0.2, -0.15) is 0 Å². The molecule has 0 spiro atoms. The second-order valence-electron chi connectivity index (χ2n) is 5.35. The maximum Gasteiger partial charge on any atom is 0.227 e. The Labute approximate surface area is 109 Å². The van der Waals surface area contributed by atoms with Gasteiger partial charge < -0.3 is 10.6 Å². The molecule has 18 heavy (non-hydrogen) atoms. The lowest BCUT2D eigenvalue weighted by molar-refractivity contribution is -0.131. The van der Waals surface area contributed by atoms with Crippen molar-refractivity contribution in [3.05, 3.63) is 34.9 Å². The number of piperidine rings is 1. The molecule has 0 bridgehead atoms. The number of hydrogen-bond donors (Lipinski definition) is 1. The minimum absolute atomic E-state index is 0.154. The van der Waals surface area contributed by atoms with Crippen molar-refractivity contribution >= 4 is 5.91 Å². The standard InChI is InChI=1S/C15H22N2O/c1-11-5-6-12(2)13(8-11)9-15(18)17-7-3-4-14(16)10-17/h5-6,8,14H,3-4,7,9-10,16H2,1-2H3. The fraction of sp³-hybridized carbons (Fsp3) is 0.533. The van der Waals surface area contributed by atoms with Gasteiger partial charge in [-0.15, -0.1) is 0 Å². The van der Waals surface area contributed by atoms with Gasteiger partial charge in [0.25, 0.3) is 0 Å². The van der Waals surface area contributed by atoms with Crippen LogP contribution in [0.5, 0.6) is 0 Å². The number of aryl methyl sites for hydroxylation is 2. The number of nitrogens with zero attached hydrogens (tertiary/aromatic N) is 1. The predicted octanol–water partition coefficient (Wildman–Crippen LogP) is 1.80. The molecule has 2 N–H and O–H groups in total. The van der Waals surface area contributed by atoms with E-state index in [1.165, 1.54) is 11.1 Å². The van der Waals surface area contributed by atoms with E-state index in [2.05, 4.69) is 32.0 Å². The maximum atomic E-state index is 12.2. The minimum Gasteiger partial charge on any atom is -0.341 e. The normalized spacial score (nSPS) is 19.9. The summed E-state index contributed by atoms with van der Waals surface area (Å²) in [6, 6.07) is 6.43. The molecule has 98 valence electrons. The van der Waals surface area contributed by atoms with Gasteiger partial charge in [-0.25, -0.2) is 0 Å². The molecule has 1 aromatic carbocycles. The van der Waals surface area contributed by atoms with Gasteiger partial charge in [-0.1, -0.05) is 23.8 Å². The van der Waals surface area contributed by atoms with Crippen LogP contribution in [0.4, 0.5) is 0 Å². The van der Waals surface area contributed by atoms with E-state index in [-0.39, 0.29) is 11.9 Å². The molecule has 2 rings (SSSR count). The van der Waals surface area contributed by atoms with Crippen LogP contribution in [0.25, 0.3) is 0 Å². The van der Waals surface area contributed by atoms with E-state index in [1.54, 1.807) is 0 Å². The van der Waals surface area contributed by atoms with Crippen molar-refractivity contribution in [3.63, 3.8) is 0 Å². The first-order valence-corrected chi connectivity index (χ1v) is 6.66. The number of rotatable bonds is 2. The second-order valence-corrected chi connectivity index (χ2v) is 5.35. The summed E-state index contributed by atoms with van der Waals surface area (Å²) in [5.74, 6) is 0.207. The molecular weight excluding hydrogens is 224 g/mol. The minimum atomic E-state index is 0.154. The first-order chi connectivity index (χ1) is 8.56. The molecule has 0 saturated carbocycles. The first-order valence-electron chi connectivity index (χ1n) is 6.66. The topological polar surface area (TPSA) is 46.3 Å². The zero-order valence-corrected chi connectivity index (χ0v) is 11.3. The van der Waals surface area contributed by atoms with Crippen LogP contribution in [0.1, 0.15) is 29.5 Å². The number of benzene rings is 1. The maximum absolute atomic E-state index is 12.2. The fourth-order valence-corrected chi connectivity index (χ4v) is 2.50. The molecule has 3 heteroatoms. The van der Waals surface area contributed by atoms with E-state index in [1.807, 2.05) is 4.90 Å². The first kappa shape index (κ1) is 13.1. The molecule has 1 aromatic rings. The lowest BCUT2D eigenvalue weighted by Gasteiger charge is -2.31. The van der Waals surface area contributed by atoms with Crippen LogP contribution in [-0.4, -0.2) is 29.9 Å². The van der Waals surface area contributed by atoms with E-state index < -0.39 is 0 Å². The van der Waals surface area contributed by atoms with Crippen molar-refractivity contribution in [1.29, 1.82) is 0 Å². The highest BCUT2D eigenvalue weighted by Crippen LogP contribution is 2.15. The van der Waals surface area contributed by atoms with Crippen LogP contribution >= 0.6 is 0 Å². The quantitative estimate of drug-likeness (QED) is 0.865. The van der Waals surface area contributed by atoms with Gasteiger partial charge in [-0.3, -0.25) is 4.79 Å². The number of carbonyl (C=O) groups is 1. The van der Waals surface area contributed by atoms with Crippen molar-refractivity contribution in [2.24, 2.45) is 5.73 Å². The van der Waals surface area contributed by atoms with Crippen LogP contribution in [0, 0.1) is 13.8 Å². The van der Waals surface area contributed by atoms with Gasteiger partial charge in [0, 0.05) is 19.1 Å². The average Bonchev–Trinajstić information content (AvgIpc) is 2.34. The molecule has 1 aliphatic heterocycles. The summed E-state index contributed by atoms with van der Waals surface area (Å²) in [4.78, 5) is 14.2. The predicted molar refractivity (Wildman–Crippen MR) is 73.4 cm³/mol. The summed E-state index contributed by atoms with van der Waals surface area (Å²) >= 11 is 0. The molecule has 1 unspecified atom stereocenters. The van der Waals surface area contributed by atoms with Crippen molar-refractivity contribution in [3.8, 4) is 0 Å². The Morgan fingerprint density at radius 3 is 2.94 bits per heavy atom. The number of hydrogen-bond acceptors (Lipinski definition) is 2. The Morgan fingerprint density at radius 1 is 1.44 bits per heavy atom. The molecule has 1 fully saturated rings. The molecular formula is C15H22N2O. The van der Waals surface area contributed by atoms with Crippen molar-refractivity contribution in [2.45, 2.75) is 39.2 Å². The fourth-order valence-electron chi connectivity index (χ4n) is 2.50. The monoisotopic (exact) mass is 246 g/mol. The summed E-state index contributed by atoms with van der Waals surface area (Å²) in [7, 11) is 0. The lowest BCUT2D eigenvalue weighted by Crippen LogP contribution is -2.46. The second kappa shape index (κ2) is 5.53. The Balaban J connectivity index is 2.04. The Bertz CT molecular complexity index is 442. The zero-order valence-electron chi connectivity index (χ0n) is 11.3. The number of carbonyl (C=O) groups excluding carboxylic acids is 1. The summed E-state index contributed by atoms with van der Waals surface area (Å²) in [5.41, 5.74) is 9.45. The van der Waals surface area contributed by atoms with Gasteiger partial charge >= 0.3 is 0 Å². The molecule has 1 atom stereocenters. The third kappa shape index (κ3) is 3.10. The highest BCUT2D eigenvalue weighted by molar-refractivity contribution is 5.79. The molecule has 1 aliphatic rings. The number of amides is 1. The summed E-state index contributed by atoms with van der Waals surface area (Å²) < 4.78 is 0. The smallest absolute Gasteiger partial charge is 0.227 e. The zero-order chi connectivity index (χ0) is 13.1. The van der Waals surface area contributed by atoms with Gasteiger partial charge in [0.15, 0.2) is 0 Å². The number of nitrogens with two attached hydrogens (primary N) is 1. The molecule has 0 radical (unpaired) electrons. The summed E-state index contributed by atoms with van der Waals surface area (Å²) in [6.07, 6.45) is 2.56. The molecule has 0 aromatic heterocycles. The number of likely N-dealkylation sites (tertiary alicyclic amines) is 1. The van der Waals surface area contributed by atoms with Crippen LogP contribution < -0.4 is 5.73 Å². The van der Waals surface area contributed by atoms with Gasteiger partial charge in [0.1, 0.15) is 0 Å². The van der Waals surface area contributed by atoms with Gasteiger partial charge in [0.2, 0.25) is 5.91 Å². The van der Waals surface area contributed by atoms with Crippen molar-refractivity contribution in [2.75, 3.05) is 13.1 Å². The summed E-state index contributed by atoms with van der Waals surface area (Å²) in [6.45, 7) is 5.69. The van der Waals surface area contributed by atoms with Crippen LogP contribution in [0.15, 0.2) is 18.2 Å². The SMILES string of the molecule is Cc1ccc(C)c(CC(=O)N2CCCC(N)C2)c1. The molecule has 0 aliphatic carbocycles. The Kier molecular flexibility index (Phi) is 4.02. The van der Waals surface area contributed by atoms with E-state index >= 15 is 0 Å². The van der Waals surface area contributed by atoms with Crippen LogP contribution in [0.2, 0.25) is 0 Å². The van der Waals surface area contributed by atoms with Crippen molar-refractivity contribution in [1.82, 2.24) is 4.90 Å². The molecule has 1 saturated heterocycles. The van der Waals surface area contributed by atoms with E-state index in [9.17, 15) is 4.79 Å². The highest BCUT2D eigenvalue weighted by atomic mass is 16.2. The molecule has 1 amide bonds. The van der Waals surface area contributed by atoms with Gasteiger partial charge in [-0.05, 0) is 37.8 Å². The van der Waals surface area contributed by atoms with E-state index in [0.29, 0.717) is 13.0 Å². The largest absolute Gasteiger partial charge is 0.341 e. The van der Waals surface area contributed by atoms with Crippen LogP contribution in [0.3, 0.4) is 0 Å². The molecule has 1 heterocycles. The van der Waals surface area contributed by atoms with Crippen LogP contribution in [-0.2, 0) is 11.2 Å². The summed E-state index contributed by atoms with van der Waals surface area (Å²) in [5, 5.41) is 0. The van der Waals surface area contributed by atoms with Gasteiger partial charge in [0.05, 0.1) is 6.42 Å². The third-order valence-electron chi connectivity index (χ3n) is 3.66. The highest BCUT2D eigenvalue weighted by Gasteiger charge is 2.21.